The number of nitrogens with one attached hydrogen (secondary N) is 1. The van der Waals surface area contributed by atoms with Crippen LogP contribution in [0.2, 0.25) is 0 Å². The van der Waals surface area contributed by atoms with Gasteiger partial charge in [-0.15, -0.1) is 0 Å². The third kappa shape index (κ3) is 1.07. The number of hydrogen-bond donors (Lipinski definition) is 1. The van der Waals surface area contributed by atoms with Crippen molar-refractivity contribution in [3.8, 4) is 0 Å². The summed E-state index contributed by atoms with van der Waals surface area (Å²) in [7, 11) is 0. The highest BCUT2D eigenvalue weighted by molar-refractivity contribution is 4.95. The lowest BCUT2D eigenvalue weighted by Crippen LogP contribution is -2.41. The molecule has 0 saturated carbocycles. The van der Waals surface area contributed by atoms with Crippen molar-refractivity contribution in [3.63, 3.8) is 0 Å². The zero-order valence-corrected chi connectivity index (χ0v) is 6.98. The molecule has 1 N–H and O–H groups in total. The minimum absolute atomic E-state index is 0.622. The second-order valence-electron chi connectivity index (χ2n) is 4.71. The predicted octanol–water partition coefficient (Wildman–Crippen LogP) is 1.93. The largest absolute Gasteiger partial charge is 0.311 e. The Hall–Kier alpha value is -0.0400. The molecule has 0 aromatic heterocycles. The van der Waals surface area contributed by atoms with Crippen molar-refractivity contribution in [1.29, 1.82) is 0 Å². The van der Waals surface area contributed by atoms with Crippen LogP contribution in [0, 0.1) is 5.41 Å². The molecule has 2 bridgehead atoms. The molecule has 2 aliphatic rings. The molecule has 2 aliphatic heterocycles. The van der Waals surface area contributed by atoms with Gasteiger partial charge in [0.15, 0.2) is 0 Å². The van der Waals surface area contributed by atoms with E-state index >= 15 is 0 Å². The first kappa shape index (κ1) is 6.66. The molecule has 0 radical (unpaired) electrons. The molecular formula is C9H17N. The van der Waals surface area contributed by atoms with Crippen molar-refractivity contribution in [2.24, 2.45) is 5.41 Å². The fourth-order valence-corrected chi connectivity index (χ4v) is 2.64. The molecule has 1 nitrogen and oxygen atoms in total. The predicted molar refractivity (Wildman–Crippen MR) is 43.0 cm³/mol. The Labute approximate surface area is 63.2 Å². The number of hydrogen-bond acceptors (Lipinski definition) is 1. The normalized spacial score (nSPS) is 43.8. The maximum atomic E-state index is 3.65. The summed E-state index contributed by atoms with van der Waals surface area (Å²) in [6, 6.07) is 1.71. The summed E-state index contributed by atoms with van der Waals surface area (Å²) in [6.45, 7) is 4.80. The van der Waals surface area contributed by atoms with Crippen LogP contribution >= 0.6 is 0 Å². The van der Waals surface area contributed by atoms with E-state index in [0.717, 1.165) is 12.1 Å². The molecule has 2 fully saturated rings. The Morgan fingerprint density at radius 3 is 2.10 bits per heavy atom. The number of rotatable bonds is 0. The number of piperidine rings is 1. The molecule has 1 heteroatoms. The Morgan fingerprint density at radius 2 is 1.60 bits per heavy atom. The summed E-state index contributed by atoms with van der Waals surface area (Å²) >= 11 is 0. The summed E-state index contributed by atoms with van der Waals surface area (Å²) in [6.07, 6.45) is 5.63. The van der Waals surface area contributed by atoms with Gasteiger partial charge in [-0.25, -0.2) is 0 Å². The Kier molecular flexibility index (Phi) is 1.31. The van der Waals surface area contributed by atoms with Gasteiger partial charge < -0.3 is 5.32 Å². The van der Waals surface area contributed by atoms with Crippen LogP contribution in [0.1, 0.15) is 39.5 Å². The highest BCUT2D eigenvalue weighted by atomic mass is 15.0. The van der Waals surface area contributed by atoms with Gasteiger partial charge in [-0.1, -0.05) is 13.8 Å². The summed E-state index contributed by atoms with van der Waals surface area (Å²) in [4.78, 5) is 0. The minimum atomic E-state index is 0.622. The SMILES string of the molecule is CC1(C)C[C@H]2CC[C@@H](C1)N2. The first-order valence-electron chi connectivity index (χ1n) is 4.42. The van der Waals surface area contributed by atoms with Crippen molar-refractivity contribution >= 4 is 0 Å². The van der Waals surface area contributed by atoms with E-state index in [1.54, 1.807) is 0 Å². The average Bonchev–Trinajstić information content (AvgIpc) is 2.08. The third-order valence-corrected chi connectivity index (χ3v) is 2.93. The average molecular weight is 139 g/mol. The lowest BCUT2D eigenvalue weighted by Gasteiger charge is -2.35. The first-order chi connectivity index (χ1) is 4.66. The first-order valence-corrected chi connectivity index (χ1v) is 4.42. The van der Waals surface area contributed by atoms with Gasteiger partial charge in [-0.05, 0) is 31.1 Å². The molecule has 0 unspecified atom stereocenters. The Balaban J connectivity index is 2.09. The summed E-state index contributed by atoms with van der Waals surface area (Å²) in [5.74, 6) is 0. The van der Waals surface area contributed by atoms with E-state index in [1.165, 1.54) is 25.7 Å². The second-order valence-corrected chi connectivity index (χ2v) is 4.71. The molecule has 2 saturated heterocycles. The van der Waals surface area contributed by atoms with Crippen LogP contribution in [0.3, 0.4) is 0 Å². The van der Waals surface area contributed by atoms with Gasteiger partial charge >= 0.3 is 0 Å². The molecule has 0 spiro atoms. The zero-order chi connectivity index (χ0) is 7.19. The van der Waals surface area contributed by atoms with Crippen molar-refractivity contribution in [3.05, 3.63) is 0 Å². The van der Waals surface area contributed by atoms with E-state index in [-0.39, 0.29) is 0 Å². The van der Waals surface area contributed by atoms with Gasteiger partial charge in [-0.3, -0.25) is 0 Å². The smallest absolute Gasteiger partial charge is 0.00753 e. The van der Waals surface area contributed by atoms with Crippen LogP contribution in [-0.2, 0) is 0 Å². The quantitative estimate of drug-likeness (QED) is 0.540. The third-order valence-electron chi connectivity index (χ3n) is 2.93. The Bertz CT molecular complexity index is 126. The molecule has 0 aliphatic carbocycles. The van der Waals surface area contributed by atoms with Crippen molar-refractivity contribution in [1.82, 2.24) is 5.32 Å². The van der Waals surface area contributed by atoms with Crippen LogP contribution < -0.4 is 5.32 Å². The van der Waals surface area contributed by atoms with Gasteiger partial charge in [0.2, 0.25) is 0 Å². The fourth-order valence-electron chi connectivity index (χ4n) is 2.64. The van der Waals surface area contributed by atoms with E-state index < -0.39 is 0 Å². The lowest BCUT2D eigenvalue weighted by atomic mass is 9.79. The standard InChI is InChI=1S/C9H17N/c1-9(2)5-7-3-4-8(6-9)10-7/h7-8,10H,3-6H2,1-2H3/t7-,8+. The zero-order valence-electron chi connectivity index (χ0n) is 6.98. The number of fused-ring (bicyclic) bond motifs is 2. The highest BCUT2D eigenvalue weighted by Crippen LogP contribution is 2.38. The van der Waals surface area contributed by atoms with E-state index in [9.17, 15) is 0 Å². The molecule has 2 heterocycles. The van der Waals surface area contributed by atoms with E-state index in [0.29, 0.717) is 5.41 Å². The van der Waals surface area contributed by atoms with Crippen LogP contribution in [0.4, 0.5) is 0 Å². The maximum absolute atomic E-state index is 3.65. The second kappa shape index (κ2) is 1.97. The molecule has 10 heavy (non-hydrogen) atoms. The van der Waals surface area contributed by atoms with Crippen LogP contribution in [-0.4, -0.2) is 12.1 Å². The van der Waals surface area contributed by atoms with Crippen molar-refractivity contribution in [2.75, 3.05) is 0 Å². The van der Waals surface area contributed by atoms with Gasteiger partial charge in [0.05, 0.1) is 0 Å². The monoisotopic (exact) mass is 139 g/mol. The summed E-state index contributed by atoms with van der Waals surface area (Å²) in [5.41, 5.74) is 0.622. The van der Waals surface area contributed by atoms with Gasteiger partial charge in [-0.2, -0.15) is 0 Å². The molecule has 58 valence electrons. The van der Waals surface area contributed by atoms with Crippen molar-refractivity contribution < 1.29 is 0 Å². The lowest BCUT2D eigenvalue weighted by molar-refractivity contribution is 0.206. The molecule has 2 atom stereocenters. The van der Waals surface area contributed by atoms with Crippen molar-refractivity contribution in [2.45, 2.75) is 51.6 Å². The highest BCUT2D eigenvalue weighted by Gasteiger charge is 2.37. The molecule has 2 rings (SSSR count). The molecule has 0 aromatic rings. The molecular weight excluding hydrogens is 122 g/mol. The summed E-state index contributed by atoms with van der Waals surface area (Å²) < 4.78 is 0. The van der Waals surface area contributed by atoms with Crippen LogP contribution in [0.25, 0.3) is 0 Å². The van der Waals surface area contributed by atoms with E-state index in [4.69, 9.17) is 0 Å². The minimum Gasteiger partial charge on any atom is -0.311 e. The van der Waals surface area contributed by atoms with Gasteiger partial charge in [0.1, 0.15) is 0 Å². The fraction of sp³-hybridized carbons (Fsp3) is 1.00. The topological polar surface area (TPSA) is 12.0 Å². The molecule has 0 aromatic carbocycles. The molecule has 0 amide bonds. The van der Waals surface area contributed by atoms with Gasteiger partial charge in [0, 0.05) is 12.1 Å². The summed E-state index contributed by atoms with van der Waals surface area (Å²) in [5, 5.41) is 3.65. The maximum Gasteiger partial charge on any atom is 0.00753 e. The van der Waals surface area contributed by atoms with E-state index in [1.807, 2.05) is 0 Å². The van der Waals surface area contributed by atoms with Crippen LogP contribution in [0.15, 0.2) is 0 Å². The van der Waals surface area contributed by atoms with Crippen LogP contribution in [0.5, 0.6) is 0 Å². The van der Waals surface area contributed by atoms with E-state index in [2.05, 4.69) is 19.2 Å². The van der Waals surface area contributed by atoms with Gasteiger partial charge in [0.25, 0.3) is 0 Å². The Morgan fingerprint density at radius 1 is 1.10 bits per heavy atom.